The number of methoxy groups -OCH3 is 3. The molecule has 0 saturated heterocycles. The lowest BCUT2D eigenvalue weighted by atomic mass is 9.87. The minimum Gasteiger partial charge on any atom is -0.497 e. The Balaban J connectivity index is 2.77. The predicted molar refractivity (Wildman–Crippen MR) is 107 cm³/mol. The van der Waals surface area contributed by atoms with Crippen molar-refractivity contribution in [3.05, 3.63) is 42.0 Å². The summed E-state index contributed by atoms with van der Waals surface area (Å²) in [6.07, 6.45) is 6.11. The summed E-state index contributed by atoms with van der Waals surface area (Å²) < 4.78 is 20.6. The van der Waals surface area contributed by atoms with E-state index in [1.807, 2.05) is 43.3 Å². The van der Waals surface area contributed by atoms with E-state index in [2.05, 4.69) is 6.92 Å². The van der Waals surface area contributed by atoms with Gasteiger partial charge in [-0.2, -0.15) is 0 Å². The first-order chi connectivity index (χ1) is 13.5. The van der Waals surface area contributed by atoms with Gasteiger partial charge in [-0.1, -0.05) is 44.1 Å². The molecule has 1 aromatic carbocycles. The molecule has 0 aliphatic rings. The number of carbonyl (C=O) groups excluding carboxylic acids is 2. The highest BCUT2D eigenvalue weighted by atomic mass is 16.5. The van der Waals surface area contributed by atoms with Crippen LogP contribution in [0.1, 0.15) is 38.7 Å². The van der Waals surface area contributed by atoms with Crippen LogP contribution in [0.4, 0.5) is 0 Å². The molecule has 28 heavy (non-hydrogen) atoms. The average molecular weight is 392 g/mol. The van der Waals surface area contributed by atoms with E-state index in [0.717, 1.165) is 24.2 Å². The molecule has 0 unspecified atom stereocenters. The number of hydrogen-bond donors (Lipinski definition) is 0. The van der Waals surface area contributed by atoms with Crippen molar-refractivity contribution in [1.82, 2.24) is 0 Å². The molecular formula is C22H32O6. The Morgan fingerprint density at radius 2 is 1.61 bits per heavy atom. The third-order valence-corrected chi connectivity index (χ3v) is 4.53. The van der Waals surface area contributed by atoms with Gasteiger partial charge in [-0.3, -0.25) is 9.59 Å². The van der Waals surface area contributed by atoms with Gasteiger partial charge in [-0.25, -0.2) is 0 Å². The zero-order valence-corrected chi connectivity index (χ0v) is 17.5. The van der Waals surface area contributed by atoms with Crippen molar-refractivity contribution in [3.63, 3.8) is 0 Å². The molecule has 6 nitrogen and oxygen atoms in total. The van der Waals surface area contributed by atoms with Crippen molar-refractivity contribution in [2.24, 2.45) is 11.8 Å². The monoisotopic (exact) mass is 392 g/mol. The summed E-state index contributed by atoms with van der Waals surface area (Å²) >= 11 is 0. The van der Waals surface area contributed by atoms with Crippen LogP contribution in [0.2, 0.25) is 0 Å². The Kier molecular flexibility index (Phi) is 11.0. The van der Waals surface area contributed by atoms with Crippen LogP contribution in [0.25, 0.3) is 0 Å². The van der Waals surface area contributed by atoms with Gasteiger partial charge in [0.2, 0.25) is 0 Å². The summed E-state index contributed by atoms with van der Waals surface area (Å²) in [4.78, 5) is 24.3. The molecule has 0 heterocycles. The number of allylic oxidation sites excluding steroid dienone is 1. The summed E-state index contributed by atoms with van der Waals surface area (Å²) in [6.45, 7) is 4.43. The highest BCUT2D eigenvalue weighted by Gasteiger charge is 2.35. The number of ether oxygens (including phenoxy) is 4. The summed E-state index contributed by atoms with van der Waals surface area (Å²) in [5.41, 5.74) is 1.03. The van der Waals surface area contributed by atoms with Crippen molar-refractivity contribution in [2.45, 2.75) is 45.8 Å². The molecule has 1 rings (SSSR count). The van der Waals surface area contributed by atoms with Gasteiger partial charge in [0.15, 0.2) is 5.92 Å². The van der Waals surface area contributed by atoms with Crippen molar-refractivity contribution >= 4 is 11.9 Å². The number of carbonyl (C=O) groups is 2. The summed E-state index contributed by atoms with van der Waals surface area (Å²) in [7, 11) is 4.18. The maximum atomic E-state index is 12.1. The van der Waals surface area contributed by atoms with E-state index in [-0.39, 0.29) is 12.0 Å². The van der Waals surface area contributed by atoms with Gasteiger partial charge in [-0.15, -0.1) is 0 Å². The van der Waals surface area contributed by atoms with Gasteiger partial charge in [0.1, 0.15) is 5.75 Å². The number of esters is 2. The van der Waals surface area contributed by atoms with Crippen molar-refractivity contribution in [3.8, 4) is 5.75 Å². The van der Waals surface area contributed by atoms with E-state index in [4.69, 9.17) is 18.9 Å². The molecule has 156 valence electrons. The second kappa shape index (κ2) is 12.9. The number of rotatable bonds is 12. The Hall–Kier alpha value is -2.34. The first kappa shape index (κ1) is 23.7. The number of unbranched alkanes of at least 4 members (excludes halogenated alkanes) is 1. The summed E-state index contributed by atoms with van der Waals surface area (Å²) in [6, 6.07) is 7.67. The Bertz CT molecular complexity index is 606. The highest BCUT2D eigenvalue weighted by Crippen LogP contribution is 2.24. The van der Waals surface area contributed by atoms with E-state index >= 15 is 0 Å². The lowest BCUT2D eigenvalue weighted by Crippen LogP contribution is -2.33. The van der Waals surface area contributed by atoms with E-state index < -0.39 is 17.9 Å². The fourth-order valence-electron chi connectivity index (χ4n) is 2.82. The summed E-state index contributed by atoms with van der Waals surface area (Å²) in [5.74, 6) is -1.63. The van der Waals surface area contributed by atoms with Crippen molar-refractivity contribution in [1.29, 1.82) is 0 Å². The standard InChI is InChI=1S/C22H32O6/c1-6-7-8-18(20(21(23)26-4)22(24)27-5)12-9-16(2)28-15-17-10-13-19(25-3)14-11-17/h9-14,16,18,20H,6-8,15H2,1-5H3/b12-9+/t16-,18-/m1/s1. The molecule has 6 heteroatoms. The van der Waals surface area contributed by atoms with Crippen LogP contribution in [0, 0.1) is 11.8 Å². The third kappa shape index (κ3) is 7.72. The zero-order chi connectivity index (χ0) is 20.9. The van der Waals surface area contributed by atoms with Crippen LogP contribution < -0.4 is 4.74 Å². The van der Waals surface area contributed by atoms with Gasteiger partial charge in [-0.05, 0) is 31.0 Å². The zero-order valence-electron chi connectivity index (χ0n) is 17.5. The fraction of sp³-hybridized carbons (Fsp3) is 0.545. The molecule has 0 fully saturated rings. The molecular weight excluding hydrogens is 360 g/mol. The van der Waals surface area contributed by atoms with Crippen LogP contribution in [0.3, 0.4) is 0 Å². The SMILES string of the molecule is CCCC[C@H](/C=C/[C@@H](C)OCc1ccc(OC)cc1)C(C(=O)OC)C(=O)OC. The molecule has 0 aromatic heterocycles. The van der Waals surface area contributed by atoms with Gasteiger partial charge in [0.05, 0.1) is 34.0 Å². The normalized spacial score (nSPS) is 13.4. The van der Waals surface area contributed by atoms with Crippen molar-refractivity contribution in [2.75, 3.05) is 21.3 Å². The van der Waals surface area contributed by atoms with Gasteiger partial charge in [0, 0.05) is 5.92 Å². The van der Waals surface area contributed by atoms with E-state index in [0.29, 0.717) is 13.0 Å². The Labute approximate surface area is 167 Å². The topological polar surface area (TPSA) is 71.1 Å². The van der Waals surface area contributed by atoms with Crippen LogP contribution in [0.5, 0.6) is 5.75 Å². The minimum absolute atomic E-state index is 0.179. The maximum Gasteiger partial charge on any atom is 0.320 e. The molecule has 1 aromatic rings. The second-order valence-corrected chi connectivity index (χ2v) is 6.58. The van der Waals surface area contributed by atoms with Crippen LogP contribution in [0.15, 0.2) is 36.4 Å². The lowest BCUT2D eigenvalue weighted by Gasteiger charge is -2.21. The molecule has 0 saturated carbocycles. The fourth-order valence-corrected chi connectivity index (χ4v) is 2.82. The Morgan fingerprint density at radius 3 is 2.11 bits per heavy atom. The molecule has 0 N–H and O–H groups in total. The third-order valence-electron chi connectivity index (χ3n) is 4.53. The number of benzene rings is 1. The molecule has 2 atom stereocenters. The largest absolute Gasteiger partial charge is 0.497 e. The van der Waals surface area contributed by atoms with E-state index in [1.54, 1.807) is 7.11 Å². The molecule has 0 amide bonds. The first-order valence-electron chi connectivity index (χ1n) is 9.55. The molecule has 0 bridgehead atoms. The summed E-state index contributed by atoms with van der Waals surface area (Å²) in [5, 5.41) is 0. The highest BCUT2D eigenvalue weighted by molar-refractivity contribution is 5.95. The molecule has 0 spiro atoms. The van der Waals surface area contributed by atoms with E-state index in [1.165, 1.54) is 14.2 Å². The van der Waals surface area contributed by atoms with Crippen LogP contribution in [-0.2, 0) is 30.4 Å². The van der Waals surface area contributed by atoms with Crippen molar-refractivity contribution < 1.29 is 28.5 Å². The predicted octanol–water partition coefficient (Wildman–Crippen LogP) is 3.93. The minimum atomic E-state index is -0.966. The van der Waals surface area contributed by atoms with Crippen LogP contribution in [-0.4, -0.2) is 39.4 Å². The first-order valence-corrected chi connectivity index (χ1v) is 9.55. The quantitative estimate of drug-likeness (QED) is 0.305. The second-order valence-electron chi connectivity index (χ2n) is 6.58. The van der Waals surface area contributed by atoms with E-state index in [9.17, 15) is 9.59 Å². The molecule has 0 radical (unpaired) electrons. The smallest absolute Gasteiger partial charge is 0.320 e. The molecule has 0 aliphatic heterocycles. The van der Waals surface area contributed by atoms with Crippen LogP contribution >= 0.6 is 0 Å². The van der Waals surface area contributed by atoms with Gasteiger partial charge < -0.3 is 18.9 Å². The molecule has 0 aliphatic carbocycles. The lowest BCUT2D eigenvalue weighted by molar-refractivity contribution is -0.160. The Morgan fingerprint density at radius 1 is 1.00 bits per heavy atom. The van der Waals surface area contributed by atoms with Gasteiger partial charge >= 0.3 is 11.9 Å². The number of hydrogen-bond acceptors (Lipinski definition) is 6. The average Bonchev–Trinajstić information content (AvgIpc) is 2.73. The van der Waals surface area contributed by atoms with Gasteiger partial charge in [0.25, 0.3) is 0 Å². The maximum absolute atomic E-state index is 12.1.